The van der Waals surface area contributed by atoms with E-state index in [9.17, 15) is 4.79 Å². The minimum absolute atomic E-state index is 0.0187. The molecule has 1 aliphatic heterocycles. The van der Waals surface area contributed by atoms with Crippen molar-refractivity contribution in [3.05, 3.63) is 12.3 Å². The van der Waals surface area contributed by atoms with Gasteiger partial charge in [0.15, 0.2) is 0 Å². The van der Waals surface area contributed by atoms with E-state index >= 15 is 0 Å². The molecular weight excluding hydrogens is 168 g/mol. The number of amides is 1. The molecule has 70 valence electrons. The average molecular weight is 180 g/mol. The van der Waals surface area contributed by atoms with Gasteiger partial charge in [-0.25, -0.2) is 0 Å². The summed E-state index contributed by atoms with van der Waals surface area (Å²) in [6, 6.07) is 1.98. The highest BCUT2D eigenvalue weighted by Crippen LogP contribution is 2.32. The minimum Gasteiger partial charge on any atom is -0.446 e. The van der Waals surface area contributed by atoms with Crippen LogP contribution in [0.2, 0.25) is 0 Å². The van der Waals surface area contributed by atoms with Crippen LogP contribution in [0.3, 0.4) is 0 Å². The van der Waals surface area contributed by atoms with E-state index in [-0.39, 0.29) is 11.9 Å². The maximum Gasteiger partial charge on any atom is 0.226 e. The number of furan rings is 1. The molecule has 0 saturated heterocycles. The number of carbonyl (C=O) groups excluding carboxylic acids is 1. The van der Waals surface area contributed by atoms with Crippen molar-refractivity contribution < 1.29 is 9.21 Å². The molecule has 4 nitrogen and oxygen atoms in total. The second kappa shape index (κ2) is 2.80. The van der Waals surface area contributed by atoms with Gasteiger partial charge in [-0.15, -0.1) is 0 Å². The zero-order valence-corrected chi connectivity index (χ0v) is 7.70. The molecule has 1 aromatic rings. The maximum atomic E-state index is 11.3. The third-order valence-corrected chi connectivity index (χ3v) is 2.23. The number of hydrogen-bond acceptors (Lipinski definition) is 3. The van der Waals surface area contributed by atoms with Crippen LogP contribution in [0.5, 0.6) is 0 Å². The first kappa shape index (κ1) is 8.16. The molecule has 13 heavy (non-hydrogen) atoms. The third kappa shape index (κ3) is 1.18. The molecule has 0 aromatic carbocycles. The maximum absolute atomic E-state index is 11.3. The SMILES string of the molecule is CC(=O)N1c2occc2NC[C@@H]1C. The molecule has 4 heteroatoms. The lowest BCUT2D eigenvalue weighted by Gasteiger charge is -2.31. The standard InChI is InChI=1S/C9H12N2O2/c1-6-5-10-8-3-4-13-9(8)11(6)7(2)12/h3-4,6,10H,5H2,1-2H3/t6-/m0/s1. The number of fused-ring (bicyclic) bond motifs is 1. The number of nitrogens with zero attached hydrogens (tertiary/aromatic N) is 1. The summed E-state index contributed by atoms with van der Waals surface area (Å²) in [6.45, 7) is 4.31. The summed E-state index contributed by atoms with van der Waals surface area (Å²) < 4.78 is 5.24. The summed E-state index contributed by atoms with van der Waals surface area (Å²) >= 11 is 0. The molecular formula is C9H12N2O2. The van der Waals surface area contributed by atoms with Crippen molar-refractivity contribution in [1.29, 1.82) is 0 Å². The summed E-state index contributed by atoms with van der Waals surface area (Å²) in [5.41, 5.74) is 0.897. The van der Waals surface area contributed by atoms with Crippen LogP contribution < -0.4 is 10.2 Å². The monoisotopic (exact) mass is 180 g/mol. The Bertz CT molecular complexity index is 332. The van der Waals surface area contributed by atoms with Gasteiger partial charge >= 0.3 is 0 Å². The number of anilines is 2. The zero-order chi connectivity index (χ0) is 9.42. The summed E-state index contributed by atoms with van der Waals surface area (Å²) in [5, 5.41) is 3.19. The first-order chi connectivity index (χ1) is 6.20. The van der Waals surface area contributed by atoms with Gasteiger partial charge in [-0.1, -0.05) is 0 Å². The predicted molar refractivity (Wildman–Crippen MR) is 49.8 cm³/mol. The summed E-state index contributed by atoms with van der Waals surface area (Å²) in [4.78, 5) is 13.0. The molecule has 2 heterocycles. The number of carbonyl (C=O) groups is 1. The van der Waals surface area contributed by atoms with Crippen molar-refractivity contribution in [3.63, 3.8) is 0 Å². The van der Waals surface area contributed by atoms with Crippen LogP contribution in [0, 0.1) is 0 Å². The van der Waals surface area contributed by atoms with Gasteiger partial charge in [0.05, 0.1) is 18.0 Å². The molecule has 0 bridgehead atoms. The van der Waals surface area contributed by atoms with Crippen molar-refractivity contribution in [2.24, 2.45) is 0 Å². The first-order valence-electron chi connectivity index (χ1n) is 4.31. The molecule has 1 atom stereocenters. The Labute approximate surface area is 76.5 Å². The fraction of sp³-hybridized carbons (Fsp3) is 0.444. The van der Waals surface area contributed by atoms with Gasteiger partial charge in [0.2, 0.25) is 11.8 Å². The highest BCUT2D eigenvalue weighted by atomic mass is 16.4. The minimum atomic E-state index is 0.0187. The lowest BCUT2D eigenvalue weighted by molar-refractivity contribution is -0.117. The largest absolute Gasteiger partial charge is 0.446 e. The number of hydrogen-bond donors (Lipinski definition) is 1. The predicted octanol–water partition coefficient (Wildman–Crippen LogP) is 1.45. The van der Waals surface area contributed by atoms with Crippen LogP contribution in [0.1, 0.15) is 13.8 Å². The van der Waals surface area contributed by atoms with Crippen molar-refractivity contribution >= 4 is 17.5 Å². The van der Waals surface area contributed by atoms with Crippen molar-refractivity contribution in [2.75, 3.05) is 16.8 Å². The summed E-state index contributed by atoms with van der Waals surface area (Å²) in [7, 11) is 0. The van der Waals surface area contributed by atoms with Crippen molar-refractivity contribution in [3.8, 4) is 0 Å². The molecule has 0 spiro atoms. The fourth-order valence-corrected chi connectivity index (χ4v) is 1.62. The molecule has 0 fully saturated rings. The van der Waals surface area contributed by atoms with E-state index in [1.54, 1.807) is 18.1 Å². The zero-order valence-electron chi connectivity index (χ0n) is 7.70. The van der Waals surface area contributed by atoms with Gasteiger partial charge in [0.1, 0.15) is 0 Å². The Balaban J connectivity index is 2.41. The van der Waals surface area contributed by atoms with E-state index in [1.807, 2.05) is 13.0 Å². The second-order valence-electron chi connectivity index (χ2n) is 3.26. The highest BCUT2D eigenvalue weighted by molar-refractivity contribution is 5.94. The van der Waals surface area contributed by atoms with Gasteiger partial charge < -0.3 is 9.73 Å². The Morgan fingerprint density at radius 2 is 2.54 bits per heavy atom. The van der Waals surface area contributed by atoms with Crippen molar-refractivity contribution in [2.45, 2.75) is 19.9 Å². The van der Waals surface area contributed by atoms with E-state index < -0.39 is 0 Å². The van der Waals surface area contributed by atoms with Gasteiger partial charge in [0, 0.05) is 19.5 Å². The average Bonchev–Trinajstić information content (AvgIpc) is 2.50. The van der Waals surface area contributed by atoms with Crippen LogP contribution in [-0.4, -0.2) is 18.5 Å². The van der Waals surface area contributed by atoms with Gasteiger partial charge in [0.25, 0.3) is 0 Å². The van der Waals surface area contributed by atoms with E-state index in [2.05, 4.69) is 5.32 Å². The Kier molecular flexibility index (Phi) is 1.76. The molecule has 0 saturated carbocycles. The lowest BCUT2D eigenvalue weighted by Crippen LogP contribution is -2.44. The highest BCUT2D eigenvalue weighted by Gasteiger charge is 2.28. The van der Waals surface area contributed by atoms with Gasteiger partial charge in [-0.3, -0.25) is 9.69 Å². The molecule has 0 aliphatic carbocycles. The van der Waals surface area contributed by atoms with Gasteiger partial charge in [-0.05, 0) is 6.92 Å². The normalized spacial score (nSPS) is 20.8. The summed E-state index contributed by atoms with van der Waals surface area (Å²) in [6.07, 6.45) is 1.59. The molecule has 1 N–H and O–H groups in total. The Morgan fingerprint density at radius 3 is 3.23 bits per heavy atom. The van der Waals surface area contributed by atoms with Crippen molar-refractivity contribution in [1.82, 2.24) is 0 Å². The molecule has 1 aliphatic rings. The fourth-order valence-electron chi connectivity index (χ4n) is 1.62. The smallest absolute Gasteiger partial charge is 0.226 e. The number of nitrogens with one attached hydrogen (secondary N) is 1. The topological polar surface area (TPSA) is 45.5 Å². The van der Waals surface area contributed by atoms with E-state index in [1.165, 1.54) is 0 Å². The van der Waals surface area contributed by atoms with E-state index in [4.69, 9.17) is 4.42 Å². The molecule has 1 amide bonds. The second-order valence-corrected chi connectivity index (χ2v) is 3.26. The lowest BCUT2D eigenvalue weighted by atomic mass is 10.2. The van der Waals surface area contributed by atoms with Crippen LogP contribution in [0.15, 0.2) is 16.7 Å². The Hall–Kier alpha value is -1.45. The van der Waals surface area contributed by atoms with Crippen LogP contribution >= 0.6 is 0 Å². The van der Waals surface area contributed by atoms with Crippen LogP contribution in [0.4, 0.5) is 11.6 Å². The first-order valence-corrected chi connectivity index (χ1v) is 4.31. The molecule has 0 radical (unpaired) electrons. The quantitative estimate of drug-likeness (QED) is 0.657. The van der Waals surface area contributed by atoms with E-state index in [0.717, 1.165) is 12.2 Å². The van der Waals surface area contributed by atoms with Gasteiger partial charge in [-0.2, -0.15) is 0 Å². The molecule has 0 unspecified atom stereocenters. The Morgan fingerprint density at radius 1 is 1.77 bits per heavy atom. The number of rotatable bonds is 0. The van der Waals surface area contributed by atoms with Crippen LogP contribution in [0.25, 0.3) is 0 Å². The third-order valence-electron chi connectivity index (χ3n) is 2.23. The summed E-state index contributed by atoms with van der Waals surface area (Å²) in [5.74, 6) is 0.649. The van der Waals surface area contributed by atoms with Crippen LogP contribution in [-0.2, 0) is 4.79 Å². The van der Waals surface area contributed by atoms with E-state index in [0.29, 0.717) is 5.88 Å². The molecule has 2 rings (SSSR count). The molecule has 1 aromatic heterocycles.